The average molecular weight is 421 g/mol. The van der Waals surface area contributed by atoms with Crippen LogP contribution in [0.5, 0.6) is 17.4 Å². The van der Waals surface area contributed by atoms with Crippen LogP contribution in [0.3, 0.4) is 0 Å². The lowest BCUT2D eigenvalue weighted by molar-refractivity contribution is -0.123. The van der Waals surface area contributed by atoms with Crippen molar-refractivity contribution in [3.05, 3.63) is 66.2 Å². The number of hydrogen-bond acceptors (Lipinski definition) is 6. The van der Waals surface area contributed by atoms with E-state index in [1.165, 1.54) is 5.56 Å². The van der Waals surface area contributed by atoms with Crippen LogP contribution in [0.1, 0.15) is 19.4 Å². The maximum atomic E-state index is 11.9. The van der Waals surface area contributed by atoms with E-state index in [0.717, 1.165) is 23.4 Å². The zero-order valence-corrected chi connectivity index (χ0v) is 17.8. The van der Waals surface area contributed by atoms with Crippen molar-refractivity contribution in [1.82, 2.24) is 15.5 Å². The van der Waals surface area contributed by atoms with Crippen LogP contribution in [0.4, 0.5) is 0 Å². The fourth-order valence-corrected chi connectivity index (χ4v) is 2.81. The van der Waals surface area contributed by atoms with Gasteiger partial charge in [-0.1, -0.05) is 19.1 Å². The van der Waals surface area contributed by atoms with Crippen molar-refractivity contribution in [3.63, 3.8) is 0 Å². The Morgan fingerprint density at radius 1 is 0.839 bits per heavy atom. The van der Waals surface area contributed by atoms with Crippen LogP contribution in [0.2, 0.25) is 0 Å². The molecule has 1 aromatic heterocycles. The first-order valence-corrected chi connectivity index (χ1v) is 10.4. The van der Waals surface area contributed by atoms with E-state index in [2.05, 4.69) is 22.4 Å². The zero-order chi connectivity index (χ0) is 21.9. The highest BCUT2D eigenvalue weighted by atomic mass is 16.5. The maximum absolute atomic E-state index is 11.9. The monoisotopic (exact) mass is 421 g/mol. The molecule has 1 amide bonds. The van der Waals surface area contributed by atoms with E-state index in [0.29, 0.717) is 24.8 Å². The number of nitrogens with zero attached hydrogens (tertiary/aromatic N) is 2. The molecule has 0 unspecified atom stereocenters. The maximum Gasteiger partial charge on any atom is 0.258 e. The van der Waals surface area contributed by atoms with Crippen LogP contribution in [0, 0.1) is 0 Å². The van der Waals surface area contributed by atoms with Gasteiger partial charge in [0.15, 0.2) is 6.61 Å². The van der Waals surface area contributed by atoms with Gasteiger partial charge in [0.2, 0.25) is 5.88 Å². The molecule has 0 aliphatic heterocycles. The third-order valence-electron chi connectivity index (χ3n) is 4.48. The van der Waals surface area contributed by atoms with Gasteiger partial charge < -0.3 is 19.5 Å². The van der Waals surface area contributed by atoms with Crippen LogP contribution < -0.4 is 19.5 Å². The second kappa shape index (κ2) is 11.5. The summed E-state index contributed by atoms with van der Waals surface area (Å²) < 4.78 is 16.5. The predicted molar refractivity (Wildman–Crippen MR) is 118 cm³/mol. The predicted octanol–water partition coefficient (Wildman–Crippen LogP) is 3.68. The van der Waals surface area contributed by atoms with Crippen LogP contribution in [-0.2, 0) is 11.2 Å². The lowest BCUT2D eigenvalue weighted by Crippen LogP contribution is -2.32. The fourth-order valence-electron chi connectivity index (χ4n) is 2.81. The number of rotatable bonds is 11. The first kappa shape index (κ1) is 22.1. The molecule has 2 aromatic carbocycles. The summed E-state index contributed by atoms with van der Waals surface area (Å²) in [7, 11) is 0. The molecule has 7 heteroatoms. The minimum Gasteiger partial charge on any atom is -0.494 e. The van der Waals surface area contributed by atoms with Crippen molar-refractivity contribution in [3.8, 4) is 28.6 Å². The second-order valence-electron chi connectivity index (χ2n) is 6.70. The molecule has 0 saturated heterocycles. The van der Waals surface area contributed by atoms with Gasteiger partial charge >= 0.3 is 0 Å². The minimum absolute atomic E-state index is 0.0396. The molecule has 3 rings (SSSR count). The van der Waals surface area contributed by atoms with Gasteiger partial charge in [0.05, 0.1) is 18.8 Å². The molecule has 1 heterocycles. The minimum atomic E-state index is -0.208. The molecule has 1 N–H and O–H groups in total. The Hall–Kier alpha value is -3.61. The Bertz CT molecular complexity index is 942. The van der Waals surface area contributed by atoms with Gasteiger partial charge in [-0.15, -0.1) is 10.2 Å². The van der Waals surface area contributed by atoms with E-state index in [1.54, 1.807) is 6.07 Å². The highest BCUT2D eigenvalue weighted by molar-refractivity contribution is 5.77. The van der Waals surface area contributed by atoms with Crippen LogP contribution >= 0.6 is 0 Å². The average Bonchev–Trinajstić information content (AvgIpc) is 2.82. The summed E-state index contributed by atoms with van der Waals surface area (Å²) in [6.07, 6.45) is 0.968. The van der Waals surface area contributed by atoms with Crippen molar-refractivity contribution in [1.29, 1.82) is 0 Å². The van der Waals surface area contributed by atoms with E-state index in [-0.39, 0.29) is 19.1 Å². The molecular formula is C24H27N3O4. The Labute approximate surface area is 182 Å². The molecule has 31 heavy (non-hydrogen) atoms. The zero-order valence-electron chi connectivity index (χ0n) is 17.8. The molecule has 0 aliphatic carbocycles. The highest BCUT2D eigenvalue weighted by Crippen LogP contribution is 2.21. The largest absolute Gasteiger partial charge is 0.494 e. The van der Waals surface area contributed by atoms with Crippen LogP contribution in [0.15, 0.2) is 60.7 Å². The number of nitrogens with one attached hydrogen (secondary N) is 1. The SMILES string of the molecule is CCOc1ccc(-c2ccc(OCCNC(=O)COc3ccc(CC)cc3)nn2)cc1. The number of hydrogen-bond donors (Lipinski definition) is 1. The van der Waals surface area contributed by atoms with E-state index in [9.17, 15) is 4.79 Å². The fraction of sp³-hybridized carbons (Fsp3) is 0.292. The highest BCUT2D eigenvalue weighted by Gasteiger charge is 2.05. The van der Waals surface area contributed by atoms with Gasteiger partial charge in [0.25, 0.3) is 5.91 Å². The molecule has 7 nitrogen and oxygen atoms in total. The lowest BCUT2D eigenvalue weighted by Gasteiger charge is -2.09. The normalized spacial score (nSPS) is 10.4. The van der Waals surface area contributed by atoms with E-state index < -0.39 is 0 Å². The second-order valence-corrected chi connectivity index (χ2v) is 6.70. The standard InChI is InChI=1S/C24H27N3O4/c1-3-18-5-9-21(10-6-18)31-17-23(28)25-15-16-30-24-14-13-22(26-27-24)19-7-11-20(12-8-19)29-4-2/h5-14H,3-4,15-17H2,1-2H3,(H,25,28). The van der Waals surface area contributed by atoms with Crippen molar-refractivity contribution >= 4 is 5.91 Å². The summed E-state index contributed by atoms with van der Waals surface area (Å²) in [6.45, 7) is 5.26. The molecule has 0 radical (unpaired) electrons. The smallest absolute Gasteiger partial charge is 0.258 e. The van der Waals surface area contributed by atoms with Crippen molar-refractivity contribution in [2.45, 2.75) is 20.3 Å². The molecule has 0 saturated carbocycles. The summed E-state index contributed by atoms with van der Waals surface area (Å²) in [5.41, 5.74) is 2.91. The number of ether oxygens (including phenoxy) is 3. The molecule has 0 atom stereocenters. The van der Waals surface area contributed by atoms with Gasteiger partial charge in [0, 0.05) is 11.6 Å². The van der Waals surface area contributed by atoms with E-state index >= 15 is 0 Å². The number of carbonyl (C=O) groups excluding carboxylic acids is 1. The number of aromatic nitrogens is 2. The molecule has 0 spiro atoms. The Morgan fingerprint density at radius 3 is 2.19 bits per heavy atom. The van der Waals surface area contributed by atoms with Gasteiger partial charge in [0.1, 0.15) is 18.1 Å². The molecule has 0 bridgehead atoms. The molecule has 162 valence electrons. The van der Waals surface area contributed by atoms with Gasteiger partial charge in [-0.2, -0.15) is 0 Å². The molecule has 3 aromatic rings. The summed E-state index contributed by atoms with van der Waals surface area (Å²) in [5, 5.41) is 11.0. The quantitative estimate of drug-likeness (QED) is 0.476. The third-order valence-corrected chi connectivity index (χ3v) is 4.48. The molecule has 0 fully saturated rings. The topological polar surface area (TPSA) is 82.6 Å². The lowest BCUT2D eigenvalue weighted by atomic mass is 10.1. The molecular weight excluding hydrogens is 394 g/mol. The number of benzene rings is 2. The number of carbonyl (C=O) groups is 1. The van der Waals surface area contributed by atoms with Crippen LogP contribution in [-0.4, -0.2) is 42.5 Å². The summed E-state index contributed by atoms with van der Waals surface area (Å²) >= 11 is 0. The van der Waals surface area contributed by atoms with E-state index in [1.807, 2.05) is 61.5 Å². The Morgan fingerprint density at radius 2 is 1.55 bits per heavy atom. The molecule has 0 aliphatic rings. The Balaban J connectivity index is 1.36. The summed E-state index contributed by atoms with van der Waals surface area (Å²) in [4.78, 5) is 11.9. The first-order valence-electron chi connectivity index (χ1n) is 10.4. The summed E-state index contributed by atoms with van der Waals surface area (Å²) in [6, 6.07) is 19.0. The van der Waals surface area contributed by atoms with Crippen LogP contribution in [0.25, 0.3) is 11.3 Å². The number of amides is 1. The third kappa shape index (κ3) is 6.99. The van der Waals surface area contributed by atoms with Crippen molar-refractivity contribution in [2.75, 3.05) is 26.4 Å². The summed E-state index contributed by atoms with van der Waals surface area (Å²) in [5.74, 6) is 1.68. The number of aryl methyl sites for hydroxylation is 1. The Kier molecular flexibility index (Phi) is 8.22. The van der Waals surface area contributed by atoms with Gasteiger partial charge in [-0.3, -0.25) is 4.79 Å². The van der Waals surface area contributed by atoms with Crippen molar-refractivity contribution < 1.29 is 19.0 Å². The van der Waals surface area contributed by atoms with E-state index in [4.69, 9.17) is 14.2 Å². The van der Waals surface area contributed by atoms with Gasteiger partial charge in [-0.25, -0.2) is 0 Å². The van der Waals surface area contributed by atoms with Gasteiger partial charge in [-0.05, 0) is 61.4 Å². The van der Waals surface area contributed by atoms with Crippen molar-refractivity contribution in [2.24, 2.45) is 0 Å². The first-order chi connectivity index (χ1) is 15.2.